The molecule has 0 saturated carbocycles. The largest absolute Gasteiger partial charge is 0.314 e. The van der Waals surface area contributed by atoms with Crippen molar-refractivity contribution < 1.29 is 4.39 Å². The van der Waals surface area contributed by atoms with Gasteiger partial charge in [0.2, 0.25) is 0 Å². The summed E-state index contributed by atoms with van der Waals surface area (Å²) in [4.78, 5) is 2.34. The number of hydrogen-bond acceptors (Lipinski definition) is 2. The average molecular weight is 264 g/mol. The molecule has 1 saturated heterocycles. The molecule has 1 aliphatic rings. The Morgan fingerprint density at radius 1 is 1.42 bits per heavy atom. The van der Waals surface area contributed by atoms with E-state index in [4.69, 9.17) is 0 Å². The van der Waals surface area contributed by atoms with Crippen LogP contribution in [-0.2, 0) is 0 Å². The van der Waals surface area contributed by atoms with Crippen LogP contribution in [0.4, 0.5) is 4.39 Å². The molecule has 1 fully saturated rings. The fourth-order valence-corrected chi connectivity index (χ4v) is 2.95. The quantitative estimate of drug-likeness (QED) is 0.899. The molecule has 2 atom stereocenters. The van der Waals surface area contributed by atoms with E-state index in [9.17, 15) is 4.39 Å². The van der Waals surface area contributed by atoms with Gasteiger partial charge < -0.3 is 5.32 Å². The van der Waals surface area contributed by atoms with E-state index in [1.807, 2.05) is 13.0 Å². The maximum Gasteiger partial charge on any atom is 0.126 e. The zero-order valence-corrected chi connectivity index (χ0v) is 12.4. The minimum Gasteiger partial charge on any atom is -0.314 e. The van der Waals surface area contributed by atoms with Crippen LogP contribution in [0.25, 0.3) is 0 Å². The topological polar surface area (TPSA) is 15.3 Å². The fraction of sp³-hybridized carbons (Fsp3) is 0.625. The second-order valence-electron chi connectivity index (χ2n) is 6.05. The Morgan fingerprint density at radius 3 is 2.79 bits per heavy atom. The van der Waals surface area contributed by atoms with E-state index in [-0.39, 0.29) is 5.82 Å². The molecule has 0 radical (unpaired) electrons. The van der Waals surface area contributed by atoms with Crippen LogP contribution in [0.15, 0.2) is 18.2 Å². The molecule has 2 unspecified atom stereocenters. The number of rotatable bonds is 4. The third-order valence-electron chi connectivity index (χ3n) is 4.10. The molecule has 106 valence electrons. The lowest BCUT2D eigenvalue weighted by Gasteiger charge is -2.26. The summed E-state index contributed by atoms with van der Waals surface area (Å²) >= 11 is 0. The molecule has 2 nitrogen and oxygen atoms in total. The lowest BCUT2D eigenvalue weighted by molar-refractivity contribution is 0.269. The summed E-state index contributed by atoms with van der Waals surface area (Å²) in [7, 11) is 2.14. The highest BCUT2D eigenvalue weighted by atomic mass is 19.1. The van der Waals surface area contributed by atoms with Crippen LogP contribution >= 0.6 is 0 Å². The number of likely N-dealkylation sites (tertiary alicyclic amines) is 1. The molecule has 0 amide bonds. The molecule has 0 spiro atoms. The van der Waals surface area contributed by atoms with Crippen molar-refractivity contribution in [1.82, 2.24) is 10.2 Å². The zero-order valence-electron chi connectivity index (χ0n) is 12.4. The van der Waals surface area contributed by atoms with Gasteiger partial charge in [0, 0.05) is 18.6 Å². The molecule has 0 bridgehead atoms. The Morgan fingerprint density at radius 2 is 2.16 bits per heavy atom. The Bertz CT molecular complexity index is 431. The molecule has 1 aliphatic heterocycles. The summed E-state index contributed by atoms with van der Waals surface area (Å²) < 4.78 is 13.8. The highest BCUT2D eigenvalue weighted by Crippen LogP contribution is 2.36. The summed E-state index contributed by atoms with van der Waals surface area (Å²) in [5.74, 6) is 0.475. The van der Waals surface area contributed by atoms with Crippen molar-refractivity contribution in [3.05, 3.63) is 35.1 Å². The summed E-state index contributed by atoms with van der Waals surface area (Å²) in [6.07, 6.45) is 1.18. The summed E-state index contributed by atoms with van der Waals surface area (Å²) in [5.41, 5.74) is 1.83. The highest BCUT2D eigenvalue weighted by Gasteiger charge is 2.32. The van der Waals surface area contributed by atoms with E-state index in [0.29, 0.717) is 18.0 Å². The minimum absolute atomic E-state index is 0.0895. The second-order valence-corrected chi connectivity index (χ2v) is 6.05. The fourth-order valence-electron chi connectivity index (χ4n) is 2.95. The summed E-state index contributed by atoms with van der Waals surface area (Å²) in [5, 5.41) is 3.51. The van der Waals surface area contributed by atoms with E-state index < -0.39 is 0 Å². The van der Waals surface area contributed by atoms with Gasteiger partial charge in [-0.15, -0.1) is 0 Å². The first-order chi connectivity index (χ1) is 8.99. The first-order valence-electron chi connectivity index (χ1n) is 7.18. The van der Waals surface area contributed by atoms with Gasteiger partial charge in [0.25, 0.3) is 0 Å². The van der Waals surface area contributed by atoms with Gasteiger partial charge >= 0.3 is 0 Å². The van der Waals surface area contributed by atoms with Crippen LogP contribution in [0, 0.1) is 18.7 Å². The van der Waals surface area contributed by atoms with E-state index in [1.165, 1.54) is 6.42 Å². The summed E-state index contributed by atoms with van der Waals surface area (Å²) in [6.45, 7) is 8.24. The molecule has 1 aromatic rings. The van der Waals surface area contributed by atoms with Gasteiger partial charge in [-0.05, 0) is 50.0 Å². The third kappa shape index (κ3) is 3.34. The average Bonchev–Trinajstić information content (AvgIpc) is 2.71. The Kier molecular flexibility index (Phi) is 4.58. The van der Waals surface area contributed by atoms with Crippen molar-refractivity contribution in [2.45, 2.75) is 39.3 Å². The van der Waals surface area contributed by atoms with Crippen molar-refractivity contribution in [1.29, 1.82) is 0 Å². The second kappa shape index (κ2) is 6.02. The first-order valence-corrected chi connectivity index (χ1v) is 7.18. The van der Waals surface area contributed by atoms with Gasteiger partial charge in [0.1, 0.15) is 5.82 Å². The molecule has 0 aliphatic carbocycles. The van der Waals surface area contributed by atoms with E-state index in [1.54, 1.807) is 6.07 Å². The first kappa shape index (κ1) is 14.5. The number of halogens is 1. The number of benzene rings is 1. The predicted octanol–water partition coefficient (Wildman–Crippen LogP) is 3.12. The van der Waals surface area contributed by atoms with Crippen LogP contribution < -0.4 is 5.32 Å². The van der Waals surface area contributed by atoms with Crippen LogP contribution in [-0.4, -0.2) is 31.1 Å². The number of hydrogen-bond donors (Lipinski definition) is 1. The van der Waals surface area contributed by atoms with Crippen molar-refractivity contribution in [2.75, 3.05) is 20.1 Å². The molecule has 2 rings (SSSR count). The molecule has 1 aromatic carbocycles. The number of nitrogens with zero attached hydrogens (tertiary/aromatic N) is 1. The predicted molar refractivity (Wildman–Crippen MR) is 77.8 cm³/mol. The molecular weight excluding hydrogens is 239 g/mol. The van der Waals surface area contributed by atoms with E-state index in [0.717, 1.165) is 24.2 Å². The van der Waals surface area contributed by atoms with Crippen molar-refractivity contribution in [3.63, 3.8) is 0 Å². The van der Waals surface area contributed by atoms with Crippen LogP contribution in [0.5, 0.6) is 0 Å². The van der Waals surface area contributed by atoms with Crippen molar-refractivity contribution in [2.24, 2.45) is 5.92 Å². The smallest absolute Gasteiger partial charge is 0.126 e. The van der Waals surface area contributed by atoms with Crippen LogP contribution in [0.2, 0.25) is 0 Å². The molecular formula is C16H25FN2. The molecule has 3 heteroatoms. The lowest BCUT2D eigenvalue weighted by atomic mass is 9.93. The standard InChI is InChI=1S/C16H25FN2/c1-11(2)18-10-14-7-8-19(4)16(14)13-6-5-12(3)15(17)9-13/h5-6,9,11,14,16,18H,7-8,10H2,1-4H3. The van der Waals surface area contributed by atoms with E-state index >= 15 is 0 Å². The van der Waals surface area contributed by atoms with Gasteiger partial charge in [0.05, 0.1) is 0 Å². The normalized spacial score (nSPS) is 24.3. The third-order valence-corrected chi connectivity index (χ3v) is 4.10. The SMILES string of the molecule is Cc1ccc(C2C(CNC(C)C)CCN2C)cc1F. The Hall–Kier alpha value is -0.930. The monoisotopic (exact) mass is 264 g/mol. The lowest BCUT2D eigenvalue weighted by Crippen LogP contribution is -2.32. The van der Waals surface area contributed by atoms with Gasteiger partial charge in [-0.2, -0.15) is 0 Å². The summed E-state index contributed by atoms with van der Waals surface area (Å²) in [6, 6.07) is 6.52. The van der Waals surface area contributed by atoms with Crippen molar-refractivity contribution in [3.8, 4) is 0 Å². The number of nitrogens with one attached hydrogen (secondary N) is 1. The highest BCUT2D eigenvalue weighted by molar-refractivity contribution is 5.27. The van der Waals surface area contributed by atoms with Gasteiger partial charge in [-0.25, -0.2) is 4.39 Å². The molecule has 0 aromatic heterocycles. The number of aryl methyl sites for hydroxylation is 1. The minimum atomic E-state index is -0.0895. The molecule has 1 heterocycles. The zero-order chi connectivity index (χ0) is 14.0. The Balaban J connectivity index is 2.16. The van der Waals surface area contributed by atoms with Crippen LogP contribution in [0.1, 0.15) is 37.4 Å². The van der Waals surface area contributed by atoms with Crippen LogP contribution in [0.3, 0.4) is 0 Å². The molecule has 1 N–H and O–H groups in total. The van der Waals surface area contributed by atoms with E-state index in [2.05, 4.69) is 37.2 Å². The van der Waals surface area contributed by atoms with Gasteiger partial charge in [-0.3, -0.25) is 4.90 Å². The van der Waals surface area contributed by atoms with Crippen molar-refractivity contribution >= 4 is 0 Å². The maximum absolute atomic E-state index is 13.8. The van der Waals surface area contributed by atoms with Gasteiger partial charge in [-0.1, -0.05) is 26.0 Å². The molecule has 19 heavy (non-hydrogen) atoms. The maximum atomic E-state index is 13.8. The Labute approximate surface area is 116 Å². The van der Waals surface area contributed by atoms with Gasteiger partial charge in [0.15, 0.2) is 0 Å².